The Morgan fingerprint density at radius 2 is 1.65 bits per heavy atom. The van der Waals surface area contributed by atoms with Crippen molar-refractivity contribution in [3.05, 3.63) is 59.7 Å². The Morgan fingerprint density at radius 1 is 1.08 bits per heavy atom. The van der Waals surface area contributed by atoms with Gasteiger partial charge in [-0.2, -0.15) is 0 Å². The molecule has 26 heavy (non-hydrogen) atoms. The maximum atomic E-state index is 12.5. The van der Waals surface area contributed by atoms with Crippen molar-refractivity contribution in [3.8, 4) is 11.1 Å². The molecule has 0 aromatic heterocycles. The maximum Gasteiger partial charge on any atom is 0.410 e. The third-order valence-corrected chi connectivity index (χ3v) is 5.37. The quantitative estimate of drug-likeness (QED) is 0.915. The lowest BCUT2D eigenvalue weighted by Gasteiger charge is -2.22. The SMILES string of the molecule is CC1C[C@H](C(=O)O)N(C(=O)OCC2c3ccccc3-c3ccccc32)C1. The van der Waals surface area contributed by atoms with Crippen LogP contribution in [0.25, 0.3) is 11.1 Å². The summed E-state index contributed by atoms with van der Waals surface area (Å²) in [5, 5.41) is 9.34. The first-order chi connectivity index (χ1) is 12.6. The molecule has 1 saturated heterocycles. The highest BCUT2D eigenvalue weighted by Gasteiger charge is 2.39. The minimum absolute atomic E-state index is 0.0188. The molecular weight excluding hydrogens is 330 g/mol. The number of likely N-dealkylation sites (tertiary alicyclic amines) is 1. The zero-order chi connectivity index (χ0) is 18.3. The predicted octanol–water partition coefficient (Wildman–Crippen LogP) is 3.73. The summed E-state index contributed by atoms with van der Waals surface area (Å²) >= 11 is 0. The fraction of sp³-hybridized carbons (Fsp3) is 0.333. The summed E-state index contributed by atoms with van der Waals surface area (Å²) in [7, 11) is 0. The maximum absolute atomic E-state index is 12.5. The van der Waals surface area contributed by atoms with Crippen LogP contribution in [0.5, 0.6) is 0 Å². The Bertz CT molecular complexity index is 817. The van der Waals surface area contributed by atoms with E-state index in [-0.39, 0.29) is 18.4 Å². The second kappa shape index (κ2) is 6.48. The van der Waals surface area contributed by atoms with Crippen molar-refractivity contribution >= 4 is 12.1 Å². The largest absolute Gasteiger partial charge is 0.480 e. The van der Waals surface area contributed by atoms with E-state index >= 15 is 0 Å². The van der Waals surface area contributed by atoms with Crippen LogP contribution in [0.4, 0.5) is 4.79 Å². The second-order valence-electron chi connectivity index (χ2n) is 7.15. The minimum atomic E-state index is -0.970. The van der Waals surface area contributed by atoms with E-state index in [9.17, 15) is 14.7 Å². The summed E-state index contributed by atoms with van der Waals surface area (Å²) in [6.45, 7) is 2.59. The lowest BCUT2D eigenvalue weighted by molar-refractivity contribution is -0.141. The molecule has 2 aliphatic rings. The highest BCUT2D eigenvalue weighted by molar-refractivity contribution is 5.81. The van der Waals surface area contributed by atoms with Crippen molar-refractivity contribution in [1.29, 1.82) is 0 Å². The van der Waals surface area contributed by atoms with Gasteiger partial charge in [0.15, 0.2) is 0 Å². The number of carboxylic acids is 1. The third kappa shape index (κ3) is 2.73. The van der Waals surface area contributed by atoms with Crippen LogP contribution in [0, 0.1) is 5.92 Å². The molecule has 134 valence electrons. The molecule has 4 rings (SSSR count). The zero-order valence-electron chi connectivity index (χ0n) is 14.6. The summed E-state index contributed by atoms with van der Waals surface area (Å²) in [5.74, 6) is -0.825. The van der Waals surface area contributed by atoms with Crippen molar-refractivity contribution in [3.63, 3.8) is 0 Å². The number of rotatable bonds is 3. The number of carbonyl (C=O) groups is 2. The van der Waals surface area contributed by atoms with Crippen LogP contribution in [0.1, 0.15) is 30.4 Å². The number of hydrogen-bond acceptors (Lipinski definition) is 3. The van der Waals surface area contributed by atoms with E-state index in [0.29, 0.717) is 13.0 Å². The molecule has 5 heteroatoms. The number of ether oxygens (including phenoxy) is 1. The minimum Gasteiger partial charge on any atom is -0.480 e. The molecule has 1 unspecified atom stereocenters. The van der Waals surface area contributed by atoms with Crippen molar-refractivity contribution in [2.45, 2.75) is 25.3 Å². The first-order valence-corrected chi connectivity index (χ1v) is 8.90. The Hall–Kier alpha value is -2.82. The van der Waals surface area contributed by atoms with E-state index in [0.717, 1.165) is 11.1 Å². The van der Waals surface area contributed by atoms with Gasteiger partial charge < -0.3 is 9.84 Å². The molecule has 2 aromatic carbocycles. The van der Waals surface area contributed by atoms with E-state index in [1.165, 1.54) is 16.0 Å². The van der Waals surface area contributed by atoms with Gasteiger partial charge in [-0.3, -0.25) is 4.90 Å². The molecule has 0 spiro atoms. The lowest BCUT2D eigenvalue weighted by atomic mass is 9.98. The summed E-state index contributed by atoms with van der Waals surface area (Å²) in [4.78, 5) is 25.3. The zero-order valence-corrected chi connectivity index (χ0v) is 14.6. The van der Waals surface area contributed by atoms with E-state index in [2.05, 4.69) is 24.3 Å². The van der Waals surface area contributed by atoms with Gasteiger partial charge in [0, 0.05) is 12.5 Å². The lowest BCUT2D eigenvalue weighted by Crippen LogP contribution is -2.41. The summed E-state index contributed by atoms with van der Waals surface area (Å²) in [5.41, 5.74) is 4.63. The standard InChI is InChI=1S/C21H21NO4/c1-13-10-19(20(23)24)22(11-13)21(25)26-12-18-16-8-4-2-6-14(16)15-7-3-5-9-17(15)18/h2-9,13,18-19H,10-12H2,1H3,(H,23,24)/t13?,19-/m1/s1. The van der Waals surface area contributed by atoms with Crippen molar-refractivity contribution in [1.82, 2.24) is 4.90 Å². The summed E-state index contributed by atoms with van der Waals surface area (Å²) in [6.07, 6.45) is -0.0666. The van der Waals surface area contributed by atoms with Crippen molar-refractivity contribution < 1.29 is 19.4 Å². The number of carbonyl (C=O) groups excluding carboxylic acids is 1. The smallest absolute Gasteiger partial charge is 0.410 e. The number of fused-ring (bicyclic) bond motifs is 3. The second-order valence-corrected chi connectivity index (χ2v) is 7.15. The molecule has 2 aromatic rings. The highest BCUT2D eigenvalue weighted by Crippen LogP contribution is 2.44. The van der Waals surface area contributed by atoms with E-state index in [1.54, 1.807) is 0 Å². The van der Waals surface area contributed by atoms with Gasteiger partial charge in [-0.15, -0.1) is 0 Å². The monoisotopic (exact) mass is 351 g/mol. The Labute approximate surface area is 152 Å². The molecule has 1 amide bonds. The number of amides is 1. The van der Waals surface area contributed by atoms with Gasteiger partial charge in [-0.05, 0) is 34.6 Å². The van der Waals surface area contributed by atoms with Crippen LogP contribution in [-0.4, -0.2) is 41.3 Å². The molecule has 1 aliphatic carbocycles. The molecule has 1 heterocycles. The molecular formula is C21H21NO4. The van der Waals surface area contributed by atoms with Gasteiger partial charge in [0.25, 0.3) is 0 Å². The molecule has 0 saturated carbocycles. The van der Waals surface area contributed by atoms with Crippen LogP contribution in [0.3, 0.4) is 0 Å². The normalized spacial score (nSPS) is 21.3. The van der Waals surface area contributed by atoms with Gasteiger partial charge in [-0.1, -0.05) is 55.5 Å². The van der Waals surface area contributed by atoms with Crippen molar-refractivity contribution in [2.24, 2.45) is 5.92 Å². The molecule has 0 radical (unpaired) electrons. The van der Waals surface area contributed by atoms with Gasteiger partial charge >= 0.3 is 12.1 Å². The fourth-order valence-electron chi connectivity index (χ4n) is 4.16. The Kier molecular flexibility index (Phi) is 4.15. The van der Waals surface area contributed by atoms with Gasteiger partial charge in [0.1, 0.15) is 12.6 Å². The number of benzene rings is 2. The van der Waals surface area contributed by atoms with Crippen LogP contribution in [0.2, 0.25) is 0 Å². The average molecular weight is 351 g/mol. The van der Waals surface area contributed by atoms with E-state index in [4.69, 9.17) is 4.74 Å². The molecule has 1 N–H and O–H groups in total. The van der Waals surface area contributed by atoms with Gasteiger partial charge in [0.2, 0.25) is 0 Å². The van der Waals surface area contributed by atoms with Crippen LogP contribution < -0.4 is 0 Å². The fourth-order valence-corrected chi connectivity index (χ4v) is 4.16. The van der Waals surface area contributed by atoms with Crippen LogP contribution in [-0.2, 0) is 9.53 Å². The number of hydrogen-bond donors (Lipinski definition) is 1. The molecule has 0 bridgehead atoms. The highest BCUT2D eigenvalue weighted by atomic mass is 16.6. The molecule has 5 nitrogen and oxygen atoms in total. The van der Waals surface area contributed by atoms with Gasteiger partial charge in [0.05, 0.1) is 0 Å². The molecule has 1 aliphatic heterocycles. The first-order valence-electron chi connectivity index (χ1n) is 8.90. The summed E-state index contributed by atoms with van der Waals surface area (Å²) in [6, 6.07) is 15.5. The van der Waals surface area contributed by atoms with E-state index < -0.39 is 18.1 Å². The number of aliphatic carboxylic acids is 1. The Balaban J connectivity index is 1.53. The predicted molar refractivity (Wildman–Crippen MR) is 97.0 cm³/mol. The van der Waals surface area contributed by atoms with Gasteiger partial charge in [-0.25, -0.2) is 9.59 Å². The topological polar surface area (TPSA) is 66.8 Å². The third-order valence-electron chi connectivity index (χ3n) is 5.37. The number of nitrogens with zero attached hydrogens (tertiary/aromatic N) is 1. The molecule has 2 atom stereocenters. The average Bonchev–Trinajstić information content (AvgIpc) is 3.18. The molecule has 1 fully saturated rings. The van der Waals surface area contributed by atoms with Crippen molar-refractivity contribution in [2.75, 3.05) is 13.2 Å². The van der Waals surface area contributed by atoms with Crippen LogP contribution >= 0.6 is 0 Å². The van der Waals surface area contributed by atoms with E-state index in [1.807, 2.05) is 31.2 Å². The Morgan fingerprint density at radius 3 is 2.23 bits per heavy atom. The first kappa shape index (κ1) is 16.6. The summed E-state index contributed by atoms with van der Waals surface area (Å²) < 4.78 is 5.58. The van der Waals surface area contributed by atoms with Crippen LogP contribution in [0.15, 0.2) is 48.5 Å². The number of carboxylic acid groups (broad SMARTS) is 1.